The summed E-state index contributed by atoms with van der Waals surface area (Å²) in [7, 11) is 1.62. The van der Waals surface area contributed by atoms with Gasteiger partial charge in [0.1, 0.15) is 0 Å². The number of aliphatic hydroxyl groups excluding tert-OH is 1. The Morgan fingerprint density at radius 1 is 1.82 bits per heavy atom. The average Bonchev–Trinajstić information content (AvgIpc) is 2.52. The minimum Gasteiger partial charge on any atom is -0.387 e. The average molecular weight is 173 g/mol. The van der Waals surface area contributed by atoms with E-state index in [1.165, 1.54) is 11.5 Å². The molecule has 4 heteroatoms. The zero-order chi connectivity index (χ0) is 8.10. The van der Waals surface area contributed by atoms with Crippen molar-refractivity contribution in [1.82, 2.24) is 4.37 Å². The van der Waals surface area contributed by atoms with Gasteiger partial charge in [0, 0.05) is 25.5 Å². The third-order valence-electron chi connectivity index (χ3n) is 1.39. The molecule has 0 aliphatic carbocycles. The van der Waals surface area contributed by atoms with Crippen LogP contribution in [0.1, 0.15) is 18.2 Å². The molecule has 0 spiro atoms. The van der Waals surface area contributed by atoms with Gasteiger partial charge in [-0.05, 0) is 17.6 Å². The van der Waals surface area contributed by atoms with Crippen molar-refractivity contribution in [2.75, 3.05) is 13.7 Å². The molecule has 11 heavy (non-hydrogen) atoms. The molecule has 0 saturated heterocycles. The maximum Gasteiger partial charge on any atom is 0.0992 e. The van der Waals surface area contributed by atoms with Crippen molar-refractivity contribution in [1.29, 1.82) is 0 Å². The molecule has 0 aromatic carbocycles. The van der Waals surface area contributed by atoms with E-state index < -0.39 is 6.10 Å². The van der Waals surface area contributed by atoms with Crippen molar-refractivity contribution in [3.63, 3.8) is 0 Å². The van der Waals surface area contributed by atoms with Crippen LogP contribution in [0.15, 0.2) is 11.4 Å². The molecule has 1 heterocycles. The quantitative estimate of drug-likeness (QED) is 0.744. The second-order valence-corrected chi connectivity index (χ2v) is 2.89. The van der Waals surface area contributed by atoms with Gasteiger partial charge in [-0.3, -0.25) is 0 Å². The Hall–Kier alpha value is -0.450. The number of methoxy groups -OCH3 is 1. The van der Waals surface area contributed by atoms with Crippen LogP contribution in [0, 0.1) is 0 Å². The summed E-state index contributed by atoms with van der Waals surface area (Å²) in [5, 5.41) is 11.3. The van der Waals surface area contributed by atoms with Gasteiger partial charge in [0.15, 0.2) is 0 Å². The van der Waals surface area contributed by atoms with Crippen LogP contribution in [-0.2, 0) is 4.74 Å². The molecule has 62 valence electrons. The lowest BCUT2D eigenvalue weighted by atomic mass is 10.2. The summed E-state index contributed by atoms with van der Waals surface area (Å²) in [4.78, 5) is 0. The summed E-state index contributed by atoms with van der Waals surface area (Å²) in [6.45, 7) is 0.568. The van der Waals surface area contributed by atoms with Crippen LogP contribution < -0.4 is 0 Å². The highest BCUT2D eigenvalue weighted by Crippen LogP contribution is 2.14. The van der Waals surface area contributed by atoms with Gasteiger partial charge in [0.2, 0.25) is 0 Å². The van der Waals surface area contributed by atoms with Crippen LogP contribution in [0.25, 0.3) is 0 Å². The second-order valence-electron chi connectivity index (χ2n) is 2.22. The van der Waals surface area contributed by atoms with Gasteiger partial charge in [-0.2, -0.15) is 4.37 Å². The molecule has 0 aliphatic rings. The Morgan fingerprint density at radius 2 is 2.64 bits per heavy atom. The van der Waals surface area contributed by atoms with Crippen LogP contribution >= 0.6 is 11.5 Å². The Labute approximate surface area is 69.8 Å². The van der Waals surface area contributed by atoms with Gasteiger partial charge in [0.25, 0.3) is 0 Å². The molecule has 0 bridgehead atoms. The van der Waals surface area contributed by atoms with Crippen LogP contribution in [0.5, 0.6) is 0 Å². The predicted octanol–water partition coefficient (Wildman–Crippen LogP) is 1.21. The summed E-state index contributed by atoms with van der Waals surface area (Å²) in [5.41, 5.74) is 0.743. The van der Waals surface area contributed by atoms with Crippen molar-refractivity contribution in [3.8, 4) is 0 Å². The molecule has 0 amide bonds. The van der Waals surface area contributed by atoms with E-state index >= 15 is 0 Å². The van der Waals surface area contributed by atoms with Crippen molar-refractivity contribution >= 4 is 11.5 Å². The lowest BCUT2D eigenvalue weighted by molar-refractivity contribution is 0.108. The largest absolute Gasteiger partial charge is 0.387 e. The van der Waals surface area contributed by atoms with Gasteiger partial charge < -0.3 is 9.84 Å². The van der Waals surface area contributed by atoms with Crippen molar-refractivity contribution < 1.29 is 9.84 Å². The van der Waals surface area contributed by atoms with E-state index in [1.54, 1.807) is 7.11 Å². The third-order valence-corrected chi connectivity index (χ3v) is 1.97. The highest BCUT2D eigenvalue weighted by Gasteiger charge is 2.07. The second kappa shape index (κ2) is 4.43. The van der Waals surface area contributed by atoms with Crippen molar-refractivity contribution in [2.45, 2.75) is 12.5 Å². The van der Waals surface area contributed by atoms with Crippen molar-refractivity contribution in [2.24, 2.45) is 0 Å². The molecule has 0 saturated carbocycles. The summed E-state index contributed by atoms with van der Waals surface area (Å²) in [5.74, 6) is 0. The fourth-order valence-corrected chi connectivity index (χ4v) is 1.34. The molecule has 1 N–H and O–H groups in total. The Kier molecular flexibility index (Phi) is 3.48. The number of hydrogen-bond acceptors (Lipinski definition) is 4. The smallest absolute Gasteiger partial charge is 0.0992 e. The minimum atomic E-state index is -0.471. The highest BCUT2D eigenvalue weighted by atomic mass is 32.1. The number of hydrogen-bond donors (Lipinski definition) is 1. The standard InChI is InChI=1S/C7H11NO2S/c1-10-4-2-7(9)6-3-5-11-8-6/h3,5,7,9H,2,4H2,1H3. The van der Waals surface area contributed by atoms with Crippen LogP contribution in [0.3, 0.4) is 0 Å². The maximum absolute atomic E-state index is 9.40. The molecule has 1 aromatic heterocycles. The van der Waals surface area contributed by atoms with Gasteiger partial charge in [0.05, 0.1) is 11.8 Å². The van der Waals surface area contributed by atoms with Crippen molar-refractivity contribution in [3.05, 3.63) is 17.1 Å². The SMILES string of the molecule is COCCC(O)c1ccsn1. The Balaban J connectivity index is 2.36. The topological polar surface area (TPSA) is 42.4 Å². The van der Waals surface area contributed by atoms with Gasteiger partial charge in [-0.15, -0.1) is 0 Å². The van der Waals surface area contributed by atoms with Crippen LogP contribution in [0.4, 0.5) is 0 Å². The van der Waals surface area contributed by atoms with E-state index in [4.69, 9.17) is 4.74 Å². The Bertz CT molecular complexity index is 188. The molecule has 1 rings (SSSR count). The highest BCUT2D eigenvalue weighted by molar-refractivity contribution is 7.03. The lowest BCUT2D eigenvalue weighted by Gasteiger charge is -2.05. The zero-order valence-corrected chi connectivity index (χ0v) is 7.17. The maximum atomic E-state index is 9.40. The summed E-state index contributed by atoms with van der Waals surface area (Å²) in [6.07, 6.45) is 0.140. The first-order chi connectivity index (χ1) is 5.34. The van der Waals surface area contributed by atoms with E-state index in [1.807, 2.05) is 11.4 Å². The third kappa shape index (κ3) is 2.57. The number of rotatable bonds is 4. The van der Waals surface area contributed by atoms with E-state index in [0.717, 1.165) is 5.69 Å². The van der Waals surface area contributed by atoms with Gasteiger partial charge in [-0.1, -0.05) is 0 Å². The van der Waals surface area contributed by atoms with Gasteiger partial charge in [-0.25, -0.2) is 0 Å². The normalized spacial score (nSPS) is 13.3. The van der Waals surface area contributed by atoms with Crippen LogP contribution in [-0.4, -0.2) is 23.2 Å². The van der Waals surface area contributed by atoms with E-state index in [9.17, 15) is 5.11 Å². The number of nitrogens with zero attached hydrogens (tertiary/aromatic N) is 1. The molecule has 1 unspecified atom stereocenters. The molecule has 1 aromatic rings. The predicted molar refractivity (Wildman–Crippen MR) is 43.6 cm³/mol. The molecule has 1 atom stereocenters. The number of aromatic nitrogens is 1. The molecule has 3 nitrogen and oxygen atoms in total. The minimum absolute atomic E-state index is 0.471. The lowest BCUT2D eigenvalue weighted by Crippen LogP contribution is -2.01. The van der Waals surface area contributed by atoms with E-state index in [-0.39, 0.29) is 0 Å². The summed E-state index contributed by atoms with van der Waals surface area (Å²) >= 11 is 1.35. The molecular formula is C7H11NO2S. The Morgan fingerprint density at radius 3 is 3.18 bits per heavy atom. The molecule has 0 fully saturated rings. The fourth-order valence-electron chi connectivity index (χ4n) is 0.771. The fraction of sp³-hybridized carbons (Fsp3) is 0.571. The summed E-state index contributed by atoms with van der Waals surface area (Å²) < 4.78 is 8.83. The number of ether oxygens (including phenoxy) is 1. The van der Waals surface area contributed by atoms with Crippen LogP contribution in [0.2, 0.25) is 0 Å². The number of aliphatic hydroxyl groups is 1. The first-order valence-corrected chi connectivity index (χ1v) is 4.25. The van der Waals surface area contributed by atoms with Gasteiger partial charge >= 0.3 is 0 Å². The first-order valence-electron chi connectivity index (χ1n) is 3.42. The zero-order valence-electron chi connectivity index (χ0n) is 6.36. The van der Waals surface area contributed by atoms with E-state index in [2.05, 4.69) is 4.37 Å². The molecule has 0 aliphatic heterocycles. The molecule has 0 radical (unpaired) electrons. The first kappa shape index (κ1) is 8.64. The molecular weight excluding hydrogens is 162 g/mol. The monoisotopic (exact) mass is 173 g/mol. The summed E-state index contributed by atoms with van der Waals surface area (Å²) in [6, 6.07) is 1.82. The van der Waals surface area contributed by atoms with E-state index in [0.29, 0.717) is 13.0 Å².